The van der Waals surface area contributed by atoms with E-state index in [9.17, 15) is 5.11 Å². The van der Waals surface area contributed by atoms with Gasteiger partial charge in [-0.25, -0.2) is 9.97 Å². The van der Waals surface area contributed by atoms with Crippen molar-refractivity contribution >= 4 is 5.69 Å². The van der Waals surface area contributed by atoms with Gasteiger partial charge in [-0.05, 0) is 24.3 Å². The summed E-state index contributed by atoms with van der Waals surface area (Å²) in [7, 11) is 0. The van der Waals surface area contributed by atoms with Crippen molar-refractivity contribution in [2.24, 2.45) is 0 Å². The van der Waals surface area contributed by atoms with Crippen LogP contribution in [0.5, 0.6) is 5.75 Å². The summed E-state index contributed by atoms with van der Waals surface area (Å²) in [4.78, 5) is 11.5. The lowest BCUT2D eigenvalue weighted by Crippen LogP contribution is -2.43. The van der Waals surface area contributed by atoms with Gasteiger partial charge in [-0.15, -0.1) is 0 Å². The number of rotatable bonds is 3. The van der Waals surface area contributed by atoms with Gasteiger partial charge < -0.3 is 15.3 Å². The third-order valence-corrected chi connectivity index (χ3v) is 3.73. The highest BCUT2D eigenvalue weighted by molar-refractivity contribution is 5.75. The molecule has 0 atom stereocenters. The van der Waals surface area contributed by atoms with Gasteiger partial charge >= 0.3 is 0 Å². The highest BCUT2D eigenvalue weighted by atomic mass is 16.3. The molecule has 0 bridgehead atoms. The molecule has 0 aliphatic carbocycles. The molecular formula is C16H20N4O. The van der Waals surface area contributed by atoms with Crippen LogP contribution < -0.4 is 10.2 Å². The summed E-state index contributed by atoms with van der Waals surface area (Å²) < 4.78 is 0. The van der Waals surface area contributed by atoms with Gasteiger partial charge in [0.1, 0.15) is 11.6 Å². The summed E-state index contributed by atoms with van der Waals surface area (Å²) in [6.07, 6.45) is 2.74. The second kappa shape index (κ2) is 6.10. The minimum Gasteiger partial charge on any atom is -0.508 e. The zero-order valence-corrected chi connectivity index (χ0v) is 12.2. The molecule has 2 N–H and O–H groups in total. The van der Waals surface area contributed by atoms with E-state index in [0.29, 0.717) is 0 Å². The molecule has 1 saturated heterocycles. The number of aryl methyl sites for hydroxylation is 1. The molecule has 1 aliphatic rings. The Bertz CT molecular complexity index is 606. The first kappa shape index (κ1) is 13.8. The molecule has 0 radical (unpaired) electrons. The number of piperazine rings is 1. The fourth-order valence-electron chi connectivity index (χ4n) is 2.55. The molecule has 2 heterocycles. The number of hydrogen-bond donors (Lipinski definition) is 2. The van der Waals surface area contributed by atoms with Crippen LogP contribution in [0.2, 0.25) is 0 Å². The summed E-state index contributed by atoms with van der Waals surface area (Å²) in [6, 6.07) is 7.21. The van der Waals surface area contributed by atoms with Gasteiger partial charge in [0.25, 0.3) is 0 Å². The summed E-state index contributed by atoms with van der Waals surface area (Å²) in [5, 5.41) is 12.8. The first-order chi connectivity index (χ1) is 10.3. The van der Waals surface area contributed by atoms with Crippen LogP contribution in [-0.4, -0.2) is 41.3 Å². The molecule has 5 heteroatoms. The monoisotopic (exact) mass is 284 g/mol. The van der Waals surface area contributed by atoms with Gasteiger partial charge in [-0.1, -0.05) is 6.92 Å². The Morgan fingerprint density at radius 1 is 1.19 bits per heavy atom. The highest BCUT2D eigenvalue weighted by Crippen LogP contribution is 2.30. The summed E-state index contributed by atoms with van der Waals surface area (Å²) in [5.74, 6) is 1.12. The van der Waals surface area contributed by atoms with E-state index in [2.05, 4.69) is 22.1 Å². The van der Waals surface area contributed by atoms with Crippen LogP contribution in [0.15, 0.2) is 30.5 Å². The maximum absolute atomic E-state index is 9.47. The van der Waals surface area contributed by atoms with Crippen molar-refractivity contribution < 1.29 is 5.11 Å². The van der Waals surface area contributed by atoms with E-state index in [1.807, 2.05) is 18.3 Å². The van der Waals surface area contributed by atoms with E-state index < -0.39 is 0 Å². The van der Waals surface area contributed by atoms with Crippen LogP contribution in [0.3, 0.4) is 0 Å². The topological polar surface area (TPSA) is 61.3 Å². The van der Waals surface area contributed by atoms with E-state index in [4.69, 9.17) is 4.98 Å². The van der Waals surface area contributed by atoms with Crippen LogP contribution in [0, 0.1) is 0 Å². The lowest BCUT2D eigenvalue weighted by Gasteiger charge is -2.30. The van der Waals surface area contributed by atoms with Crippen molar-refractivity contribution in [1.29, 1.82) is 0 Å². The van der Waals surface area contributed by atoms with Crippen molar-refractivity contribution in [2.75, 3.05) is 31.1 Å². The van der Waals surface area contributed by atoms with E-state index in [1.54, 1.807) is 12.1 Å². The Labute approximate surface area is 124 Å². The van der Waals surface area contributed by atoms with Crippen molar-refractivity contribution in [2.45, 2.75) is 13.3 Å². The molecule has 3 rings (SSSR count). The minimum atomic E-state index is 0.271. The van der Waals surface area contributed by atoms with E-state index >= 15 is 0 Å². The molecule has 1 aromatic heterocycles. The number of nitrogens with one attached hydrogen (secondary N) is 1. The van der Waals surface area contributed by atoms with Crippen LogP contribution >= 0.6 is 0 Å². The molecule has 110 valence electrons. The quantitative estimate of drug-likeness (QED) is 0.900. The number of hydrogen-bond acceptors (Lipinski definition) is 5. The molecule has 5 nitrogen and oxygen atoms in total. The second-order valence-electron chi connectivity index (χ2n) is 5.16. The predicted molar refractivity (Wildman–Crippen MR) is 83.6 cm³/mol. The van der Waals surface area contributed by atoms with E-state index in [1.165, 1.54) is 0 Å². The molecule has 1 fully saturated rings. The zero-order valence-electron chi connectivity index (χ0n) is 12.2. The minimum absolute atomic E-state index is 0.271. The fraction of sp³-hybridized carbons (Fsp3) is 0.375. The van der Waals surface area contributed by atoms with Crippen LogP contribution in [0.1, 0.15) is 12.7 Å². The lowest BCUT2D eigenvalue weighted by molar-refractivity contribution is 0.475. The Morgan fingerprint density at radius 2 is 1.90 bits per heavy atom. The molecular weight excluding hydrogens is 264 g/mol. The number of anilines is 1. The van der Waals surface area contributed by atoms with Crippen molar-refractivity contribution in [3.05, 3.63) is 36.3 Å². The Morgan fingerprint density at radius 3 is 2.57 bits per heavy atom. The maximum Gasteiger partial charge on any atom is 0.128 e. The van der Waals surface area contributed by atoms with Crippen molar-refractivity contribution in [3.8, 4) is 17.0 Å². The second-order valence-corrected chi connectivity index (χ2v) is 5.16. The summed E-state index contributed by atoms with van der Waals surface area (Å²) >= 11 is 0. The maximum atomic E-state index is 9.47. The smallest absolute Gasteiger partial charge is 0.128 e. The fourth-order valence-corrected chi connectivity index (χ4v) is 2.55. The van der Waals surface area contributed by atoms with Crippen LogP contribution in [0.25, 0.3) is 11.3 Å². The van der Waals surface area contributed by atoms with Crippen molar-refractivity contribution in [1.82, 2.24) is 15.3 Å². The molecule has 0 amide bonds. The number of phenolic OH excluding ortho intramolecular Hbond substituents is 1. The average Bonchev–Trinajstić information content (AvgIpc) is 2.56. The van der Waals surface area contributed by atoms with Crippen molar-refractivity contribution in [3.63, 3.8) is 0 Å². The number of aromatic hydroxyl groups is 1. The van der Waals surface area contributed by atoms with Gasteiger partial charge in [0.2, 0.25) is 0 Å². The number of phenols is 1. The van der Waals surface area contributed by atoms with E-state index in [0.717, 1.165) is 55.4 Å². The summed E-state index contributed by atoms with van der Waals surface area (Å²) in [5.41, 5.74) is 3.03. The third-order valence-electron chi connectivity index (χ3n) is 3.73. The average molecular weight is 284 g/mol. The van der Waals surface area contributed by atoms with Gasteiger partial charge in [0.15, 0.2) is 0 Å². The van der Waals surface area contributed by atoms with Crippen LogP contribution in [-0.2, 0) is 6.42 Å². The third kappa shape index (κ3) is 2.97. The van der Waals surface area contributed by atoms with E-state index in [-0.39, 0.29) is 5.75 Å². The molecule has 0 saturated carbocycles. The molecule has 0 spiro atoms. The normalized spacial score (nSPS) is 15.2. The molecule has 1 aromatic carbocycles. The Balaban J connectivity index is 2.04. The molecule has 2 aromatic rings. The zero-order chi connectivity index (χ0) is 14.7. The van der Waals surface area contributed by atoms with Gasteiger partial charge in [0.05, 0.1) is 17.6 Å². The number of aromatic nitrogens is 2. The van der Waals surface area contributed by atoms with Crippen LogP contribution in [0.4, 0.5) is 5.69 Å². The molecule has 21 heavy (non-hydrogen) atoms. The SMILES string of the molecule is CCc1ncc(N2CCNCC2)c(-c2ccc(O)cc2)n1. The lowest BCUT2D eigenvalue weighted by atomic mass is 10.1. The summed E-state index contributed by atoms with van der Waals surface area (Å²) in [6.45, 7) is 5.93. The number of nitrogens with zero attached hydrogens (tertiary/aromatic N) is 3. The standard InChI is InChI=1S/C16H20N4O/c1-2-15-18-11-14(20-9-7-17-8-10-20)16(19-15)12-3-5-13(21)6-4-12/h3-6,11,17,21H,2,7-10H2,1H3. The first-order valence-electron chi connectivity index (χ1n) is 7.39. The van der Waals surface area contributed by atoms with Gasteiger partial charge in [-0.2, -0.15) is 0 Å². The first-order valence-corrected chi connectivity index (χ1v) is 7.39. The Kier molecular flexibility index (Phi) is 4.01. The highest BCUT2D eigenvalue weighted by Gasteiger charge is 2.17. The van der Waals surface area contributed by atoms with Gasteiger partial charge in [0, 0.05) is 38.2 Å². The molecule has 1 aliphatic heterocycles. The Hall–Kier alpha value is -2.14. The number of benzene rings is 1. The largest absolute Gasteiger partial charge is 0.508 e. The van der Waals surface area contributed by atoms with Gasteiger partial charge in [-0.3, -0.25) is 0 Å². The predicted octanol–water partition coefficient (Wildman–Crippen LogP) is 1.82. The molecule has 0 unspecified atom stereocenters.